The van der Waals surface area contributed by atoms with Gasteiger partial charge in [-0.2, -0.15) is 0 Å². The van der Waals surface area contributed by atoms with Gasteiger partial charge in [-0.15, -0.1) is 0 Å². The number of hydrogen-bond acceptors (Lipinski definition) is 1. The van der Waals surface area contributed by atoms with Crippen LogP contribution in [0.15, 0.2) is 0 Å². The second-order valence-electron chi connectivity index (χ2n) is 2.59. The molecule has 0 aliphatic rings. The molecule has 0 saturated carbocycles. The number of rotatable bonds is 2. The Hall–Kier alpha value is 1.54. The molecule has 1 nitrogen and oxygen atoms in total. The number of halogens is 3. The van der Waals surface area contributed by atoms with E-state index in [1.54, 1.807) is 0 Å². The van der Waals surface area contributed by atoms with Gasteiger partial charge in [0.15, 0.2) is 0 Å². The summed E-state index contributed by atoms with van der Waals surface area (Å²) in [7, 11) is 0. The second kappa shape index (κ2) is 11.5. The largest absolute Gasteiger partial charge is 1.00 e. The van der Waals surface area contributed by atoms with E-state index in [0.29, 0.717) is 12.1 Å². The molecule has 0 saturated heterocycles. The Kier molecular flexibility index (Phi) is 24.0. The molecule has 0 aliphatic heterocycles. The van der Waals surface area contributed by atoms with E-state index in [-0.39, 0.29) is 37.2 Å². The number of hydrogen-bond donors (Lipinski definition) is 0. The van der Waals surface area contributed by atoms with Crippen molar-refractivity contribution in [1.82, 2.24) is 3.38 Å². The smallest absolute Gasteiger partial charge is 1.00 e. The van der Waals surface area contributed by atoms with Gasteiger partial charge in [0, 0.05) is 0 Å². The molecule has 0 unspecified atom stereocenters. The van der Waals surface area contributed by atoms with Crippen LogP contribution in [0.5, 0.6) is 0 Å². The molecule has 68 valence electrons. The van der Waals surface area contributed by atoms with Crippen molar-refractivity contribution in [2.45, 2.75) is 39.8 Å². The first-order chi connectivity index (χ1) is 3.55. The Morgan fingerprint density at radius 3 is 1.00 bits per heavy atom. The molecule has 0 heterocycles. The summed E-state index contributed by atoms with van der Waals surface area (Å²) in [6, 6.07) is 1.35. The topological polar surface area (TPSA) is 3.24 Å². The molecule has 0 atom stereocenters. The first kappa shape index (κ1) is 22.9. The van der Waals surface area contributed by atoms with E-state index in [1.807, 2.05) is 0 Å². The van der Waals surface area contributed by atoms with Crippen LogP contribution in [0, 0.1) is 0 Å². The first-order valence-corrected chi connectivity index (χ1v) is 3.75. The van der Waals surface area contributed by atoms with Crippen LogP contribution < -0.4 is 37.2 Å². The Morgan fingerprint density at radius 1 is 0.818 bits per heavy atom. The van der Waals surface area contributed by atoms with Crippen molar-refractivity contribution >= 4 is 0 Å². The molecule has 0 amide bonds. The van der Waals surface area contributed by atoms with Crippen LogP contribution in [0.2, 0.25) is 0 Å². The molecule has 0 aromatic heterocycles. The zero-order valence-electron chi connectivity index (χ0n) is 7.24. The van der Waals surface area contributed by atoms with E-state index < -0.39 is 0 Å². The van der Waals surface area contributed by atoms with Gasteiger partial charge in [0.2, 0.25) is 0 Å². The molecule has 0 aliphatic carbocycles. The molecule has 0 bridgehead atoms. The predicted molar refractivity (Wildman–Crippen MR) is 32.1 cm³/mol. The van der Waals surface area contributed by atoms with Crippen LogP contribution in [0.4, 0.5) is 0 Å². The Labute approximate surface area is 101 Å². The molecule has 0 N–H and O–H groups in total. The van der Waals surface area contributed by atoms with Crippen LogP contribution in [-0.2, 0) is 20.7 Å². The van der Waals surface area contributed by atoms with Crippen LogP contribution in [0.1, 0.15) is 27.7 Å². The maximum absolute atomic E-state index is 2.33. The summed E-state index contributed by atoms with van der Waals surface area (Å²) < 4.78 is 2.33. The summed E-state index contributed by atoms with van der Waals surface area (Å²) in [4.78, 5) is 0. The summed E-state index contributed by atoms with van der Waals surface area (Å²) in [5.41, 5.74) is 0. The third-order valence-electron chi connectivity index (χ3n) is 1.11. The van der Waals surface area contributed by atoms with Crippen LogP contribution in [-0.4, -0.2) is 15.5 Å². The molecule has 0 aromatic carbocycles. The summed E-state index contributed by atoms with van der Waals surface area (Å²) in [6.45, 7) is 8.83. The Morgan fingerprint density at radius 2 is 1.00 bits per heavy atom. The summed E-state index contributed by atoms with van der Waals surface area (Å²) >= 11 is 2.15. The predicted octanol–water partition coefficient (Wildman–Crippen LogP) is -7.42. The summed E-state index contributed by atoms with van der Waals surface area (Å²) in [5, 5.41) is 0. The van der Waals surface area contributed by atoms with Crippen LogP contribution in [0.25, 0.3) is 0 Å². The van der Waals surface area contributed by atoms with E-state index in [0.717, 1.165) is 0 Å². The summed E-state index contributed by atoms with van der Waals surface area (Å²) in [5.74, 6) is 0. The van der Waals surface area contributed by atoms with E-state index in [1.165, 1.54) is 0 Å². The monoisotopic (exact) mass is 253 g/mol. The van der Waals surface area contributed by atoms with Gasteiger partial charge >= 0.3 is 63.9 Å². The fraction of sp³-hybridized carbons (Fsp3) is 1.00. The minimum atomic E-state index is 0. The van der Waals surface area contributed by atoms with Gasteiger partial charge in [0.25, 0.3) is 0 Å². The first-order valence-electron chi connectivity index (χ1n) is 3.05. The van der Waals surface area contributed by atoms with Gasteiger partial charge < -0.3 is 37.2 Å². The maximum Gasteiger partial charge on any atom is -1.00 e. The maximum atomic E-state index is 2.33. The van der Waals surface area contributed by atoms with Crippen molar-refractivity contribution in [3.8, 4) is 0 Å². The SMILES string of the molecule is CC(C)[N]([Ti+3])C(C)C.[Cl-].[Cl-].[Cl-]. The zero-order chi connectivity index (χ0) is 6.73. The molecular weight excluding hydrogens is 240 g/mol. The standard InChI is InChI=1S/C6H14N.3ClH.Ti/c1-5(2)7-6(3)4;;;;/h5-6H,1-4H3;3*1H;/q-1;;;;+4/p-3. The molecule has 0 fully saturated rings. The van der Waals surface area contributed by atoms with Crippen molar-refractivity contribution in [3.05, 3.63) is 0 Å². The van der Waals surface area contributed by atoms with Crippen molar-refractivity contribution in [3.63, 3.8) is 0 Å². The van der Waals surface area contributed by atoms with Crippen molar-refractivity contribution in [2.75, 3.05) is 0 Å². The normalized spacial score (nSPS) is 8.82. The molecule has 0 spiro atoms. The summed E-state index contributed by atoms with van der Waals surface area (Å²) in [6.07, 6.45) is 0. The quantitative estimate of drug-likeness (QED) is 0.443. The molecule has 11 heavy (non-hydrogen) atoms. The van der Waals surface area contributed by atoms with Crippen LogP contribution >= 0.6 is 0 Å². The van der Waals surface area contributed by atoms with E-state index >= 15 is 0 Å². The minimum Gasteiger partial charge on any atom is -1.00 e. The van der Waals surface area contributed by atoms with Gasteiger partial charge in [-0.05, 0) is 0 Å². The minimum absolute atomic E-state index is 0. The van der Waals surface area contributed by atoms with Gasteiger partial charge in [-0.3, -0.25) is 0 Å². The zero-order valence-corrected chi connectivity index (χ0v) is 11.1. The number of nitrogens with zero attached hydrogens (tertiary/aromatic N) is 1. The molecule has 0 rings (SSSR count). The van der Waals surface area contributed by atoms with Crippen molar-refractivity contribution < 1.29 is 57.9 Å². The fourth-order valence-corrected chi connectivity index (χ4v) is 0.596. The molecule has 5 heteroatoms. The molecule has 0 radical (unpaired) electrons. The van der Waals surface area contributed by atoms with Crippen LogP contribution in [0.3, 0.4) is 0 Å². The average Bonchev–Trinajstić information content (AvgIpc) is 1.64. The Bertz CT molecular complexity index is 62.8. The van der Waals surface area contributed by atoms with E-state index in [4.69, 9.17) is 0 Å². The Balaban J connectivity index is -0.0000000817. The van der Waals surface area contributed by atoms with Gasteiger partial charge in [-0.1, -0.05) is 0 Å². The third kappa shape index (κ3) is 11.5. The van der Waals surface area contributed by atoms with Gasteiger partial charge in [0.05, 0.1) is 0 Å². The van der Waals surface area contributed by atoms with E-state index in [2.05, 4.69) is 51.8 Å². The van der Waals surface area contributed by atoms with Crippen molar-refractivity contribution in [2.24, 2.45) is 0 Å². The molecule has 0 aromatic rings. The van der Waals surface area contributed by atoms with E-state index in [9.17, 15) is 0 Å². The third-order valence-corrected chi connectivity index (χ3v) is 2.73. The fourth-order valence-electron chi connectivity index (χ4n) is 0.596. The average molecular weight is 254 g/mol. The van der Waals surface area contributed by atoms with Gasteiger partial charge in [0.1, 0.15) is 0 Å². The van der Waals surface area contributed by atoms with Gasteiger partial charge in [-0.25, -0.2) is 0 Å². The van der Waals surface area contributed by atoms with Crippen molar-refractivity contribution in [1.29, 1.82) is 0 Å². The molecular formula is C6H14Cl3NTi. The second-order valence-corrected chi connectivity index (χ2v) is 3.40.